The van der Waals surface area contributed by atoms with Gasteiger partial charge in [0, 0.05) is 32.2 Å². The molecule has 116 valence electrons. The lowest BCUT2D eigenvalue weighted by molar-refractivity contribution is -0.137. The van der Waals surface area contributed by atoms with Gasteiger partial charge in [-0.1, -0.05) is 18.6 Å². The molecule has 1 saturated carbocycles. The van der Waals surface area contributed by atoms with Crippen LogP contribution in [0.4, 0.5) is 13.2 Å². The fraction of sp³-hybridized carbons (Fsp3) is 0.625. The van der Waals surface area contributed by atoms with E-state index in [-0.39, 0.29) is 6.04 Å². The summed E-state index contributed by atoms with van der Waals surface area (Å²) < 4.78 is 38.1. The highest BCUT2D eigenvalue weighted by Crippen LogP contribution is 2.42. The fourth-order valence-electron chi connectivity index (χ4n) is 3.37. The summed E-state index contributed by atoms with van der Waals surface area (Å²) in [6, 6.07) is 6.08. The van der Waals surface area contributed by atoms with Gasteiger partial charge < -0.3 is 5.32 Å². The van der Waals surface area contributed by atoms with Crippen LogP contribution < -0.4 is 5.32 Å². The molecule has 0 amide bonds. The largest absolute Gasteiger partial charge is 0.416 e. The van der Waals surface area contributed by atoms with Crippen LogP contribution in [0.1, 0.15) is 36.4 Å². The first-order valence-electron chi connectivity index (χ1n) is 7.67. The summed E-state index contributed by atoms with van der Waals surface area (Å²) >= 11 is 0. The van der Waals surface area contributed by atoms with Gasteiger partial charge in [0.2, 0.25) is 0 Å². The average Bonchev–Trinajstić information content (AvgIpc) is 2.43. The van der Waals surface area contributed by atoms with E-state index in [1.54, 1.807) is 12.1 Å². The molecule has 2 nitrogen and oxygen atoms in total. The molecule has 5 heteroatoms. The van der Waals surface area contributed by atoms with Crippen molar-refractivity contribution in [2.45, 2.75) is 31.5 Å². The molecule has 0 radical (unpaired) electrons. The Balaban J connectivity index is 1.82. The van der Waals surface area contributed by atoms with Crippen molar-refractivity contribution in [1.29, 1.82) is 0 Å². The van der Waals surface area contributed by atoms with Gasteiger partial charge in [-0.15, -0.1) is 0 Å². The Morgan fingerprint density at radius 2 is 1.67 bits per heavy atom. The molecule has 1 saturated heterocycles. The number of hydrogen-bond acceptors (Lipinski definition) is 2. The number of piperazine rings is 1. The molecule has 0 unspecified atom stereocenters. The van der Waals surface area contributed by atoms with Crippen LogP contribution in [-0.2, 0) is 6.18 Å². The van der Waals surface area contributed by atoms with E-state index in [1.807, 2.05) is 0 Å². The maximum absolute atomic E-state index is 12.7. The summed E-state index contributed by atoms with van der Waals surface area (Å²) in [6.45, 7) is 3.87. The minimum Gasteiger partial charge on any atom is -0.314 e. The van der Waals surface area contributed by atoms with E-state index in [4.69, 9.17) is 0 Å². The summed E-state index contributed by atoms with van der Waals surface area (Å²) in [7, 11) is 0. The number of benzene rings is 1. The van der Waals surface area contributed by atoms with Crippen LogP contribution in [0.5, 0.6) is 0 Å². The summed E-state index contributed by atoms with van der Waals surface area (Å²) in [5.74, 6) is 0.597. The number of hydrogen-bond donors (Lipinski definition) is 1. The smallest absolute Gasteiger partial charge is 0.314 e. The van der Waals surface area contributed by atoms with Crippen molar-refractivity contribution in [3.63, 3.8) is 0 Å². The monoisotopic (exact) mass is 298 g/mol. The third-order valence-corrected chi connectivity index (χ3v) is 4.72. The minimum absolute atomic E-state index is 0.281. The number of halogens is 3. The van der Waals surface area contributed by atoms with Crippen LogP contribution in [0, 0.1) is 5.92 Å². The highest BCUT2D eigenvalue weighted by atomic mass is 19.4. The van der Waals surface area contributed by atoms with Gasteiger partial charge in [-0.3, -0.25) is 4.90 Å². The van der Waals surface area contributed by atoms with Gasteiger partial charge >= 0.3 is 6.18 Å². The van der Waals surface area contributed by atoms with Gasteiger partial charge in [0.25, 0.3) is 0 Å². The number of rotatable bonds is 3. The van der Waals surface area contributed by atoms with Crippen LogP contribution in [0.25, 0.3) is 0 Å². The molecule has 0 spiro atoms. The van der Waals surface area contributed by atoms with E-state index in [9.17, 15) is 13.2 Å². The van der Waals surface area contributed by atoms with Gasteiger partial charge in [-0.2, -0.15) is 13.2 Å². The predicted octanol–water partition coefficient (Wildman–Crippen LogP) is 3.45. The Kier molecular flexibility index (Phi) is 4.22. The maximum atomic E-state index is 12.7. The zero-order valence-electron chi connectivity index (χ0n) is 12.0. The van der Waals surface area contributed by atoms with Crippen molar-refractivity contribution >= 4 is 0 Å². The van der Waals surface area contributed by atoms with Gasteiger partial charge in [0.15, 0.2) is 0 Å². The molecule has 1 aliphatic carbocycles. The van der Waals surface area contributed by atoms with E-state index in [0.717, 1.165) is 31.7 Å². The molecule has 0 bridgehead atoms. The average molecular weight is 298 g/mol. The first-order chi connectivity index (χ1) is 10.1. The first-order valence-corrected chi connectivity index (χ1v) is 7.67. The Morgan fingerprint density at radius 1 is 1.05 bits per heavy atom. The molecule has 3 rings (SSSR count). The maximum Gasteiger partial charge on any atom is 0.416 e. The van der Waals surface area contributed by atoms with E-state index >= 15 is 0 Å². The van der Waals surface area contributed by atoms with Gasteiger partial charge in [0.05, 0.1) is 5.56 Å². The molecule has 2 fully saturated rings. The van der Waals surface area contributed by atoms with Crippen molar-refractivity contribution in [3.05, 3.63) is 35.4 Å². The molecule has 1 aromatic carbocycles. The van der Waals surface area contributed by atoms with Crippen LogP contribution in [0.3, 0.4) is 0 Å². The van der Waals surface area contributed by atoms with E-state index in [1.165, 1.54) is 31.4 Å². The standard InChI is InChI=1S/C16H21F3N2/c17-16(18,19)14-6-4-13(5-7-14)15(12-2-1-3-12)21-10-8-20-9-11-21/h4-7,12,15,20H,1-3,8-11H2/t15-/m1/s1. The zero-order valence-corrected chi connectivity index (χ0v) is 12.0. The predicted molar refractivity (Wildman–Crippen MR) is 76.0 cm³/mol. The second-order valence-electron chi connectivity index (χ2n) is 6.04. The topological polar surface area (TPSA) is 15.3 Å². The number of nitrogens with one attached hydrogen (secondary N) is 1. The lowest BCUT2D eigenvalue weighted by atomic mass is 9.76. The molecular formula is C16H21F3N2. The number of alkyl halides is 3. The van der Waals surface area contributed by atoms with Gasteiger partial charge in [-0.05, 0) is 36.5 Å². The van der Waals surface area contributed by atoms with Crippen LogP contribution in [0.15, 0.2) is 24.3 Å². The summed E-state index contributed by atoms with van der Waals surface area (Å²) in [4.78, 5) is 2.43. The van der Waals surface area contributed by atoms with Gasteiger partial charge in [0.1, 0.15) is 0 Å². The quantitative estimate of drug-likeness (QED) is 0.919. The van der Waals surface area contributed by atoms with Gasteiger partial charge in [-0.25, -0.2) is 0 Å². The molecule has 1 atom stereocenters. The Labute approximate surface area is 123 Å². The summed E-state index contributed by atoms with van der Waals surface area (Å²) in [5, 5.41) is 3.33. The first kappa shape index (κ1) is 14.9. The molecule has 1 aromatic rings. The summed E-state index contributed by atoms with van der Waals surface area (Å²) in [6.07, 6.45) is -0.626. The highest BCUT2D eigenvalue weighted by Gasteiger charge is 2.35. The third-order valence-electron chi connectivity index (χ3n) is 4.72. The molecule has 1 aliphatic heterocycles. The third kappa shape index (κ3) is 3.24. The molecule has 21 heavy (non-hydrogen) atoms. The molecule has 1 N–H and O–H groups in total. The lowest BCUT2D eigenvalue weighted by Crippen LogP contribution is -2.47. The van der Waals surface area contributed by atoms with Crippen LogP contribution in [0.2, 0.25) is 0 Å². The van der Waals surface area contributed by atoms with Crippen molar-refractivity contribution in [2.24, 2.45) is 5.92 Å². The second kappa shape index (κ2) is 5.97. The van der Waals surface area contributed by atoms with Crippen molar-refractivity contribution in [2.75, 3.05) is 26.2 Å². The van der Waals surface area contributed by atoms with Crippen LogP contribution >= 0.6 is 0 Å². The van der Waals surface area contributed by atoms with Crippen molar-refractivity contribution < 1.29 is 13.2 Å². The highest BCUT2D eigenvalue weighted by molar-refractivity contribution is 5.27. The van der Waals surface area contributed by atoms with E-state index in [2.05, 4.69) is 10.2 Å². The van der Waals surface area contributed by atoms with Crippen molar-refractivity contribution in [1.82, 2.24) is 10.2 Å². The lowest BCUT2D eigenvalue weighted by Gasteiger charge is -2.43. The zero-order chi connectivity index (χ0) is 14.9. The fourth-order valence-corrected chi connectivity index (χ4v) is 3.37. The Hall–Kier alpha value is -1.07. The van der Waals surface area contributed by atoms with Crippen molar-refractivity contribution in [3.8, 4) is 0 Å². The summed E-state index contributed by atoms with van der Waals surface area (Å²) in [5.41, 5.74) is 0.480. The van der Waals surface area contributed by atoms with Crippen LogP contribution in [-0.4, -0.2) is 31.1 Å². The normalized spacial score (nSPS) is 22.8. The van der Waals surface area contributed by atoms with E-state index in [0.29, 0.717) is 5.92 Å². The molecule has 0 aromatic heterocycles. The SMILES string of the molecule is FC(F)(F)c1ccc([C@@H](C2CCC2)N2CCNCC2)cc1. The molecular weight excluding hydrogens is 277 g/mol. The van der Waals surface area contributed by atoms with E-state index < -0.39 is 11.7 Å². The second-order valence-corrected chi connectivity index (χ2v) is 6.04. The Bertz CT molecular complexity index is 459. The molecule has 2 aliphatic rings. The minimum atomic E-state index is -4.25. The Morgan fingerprint density at radius 3 is 2.14 bits per heavy atom. The number of nitrogens with zero attached hydrogens (tertiary/aromatic N) is 1. The molecule has 1 heterocycles.